The fourth-order valence-corrected chi connectivity index (χ4v) is 4.45. The van der Waals surface area contributed by atoms with Gasteiger partial charge in [-0.1, -0.05) is 29.7 Å². The predicted molar refractivity (Wildman–Crippen MR) is 153 cm³/mol. The van der Waals surface area contributed by atoms with Gasteiger partial charge in [0.25, 0.3) is 0 Å². The number of fused-ring (bicyclic) bond motifs is 1. The van der Waals surface area contributed by atoms with Crippen molar-refractivity contribution in [1.82, 2.24) is 24.4 Å². The van der Waals surface area contributed by atoms with Crippen molar-refractivity contribution in [2.75, 3.05) is 54.9 Å². The normalized spacial score (nSPS) is 13.7. The van der Waals surface area contributed by atoms with Crippen molar-refractivity contribution in [2.24, 2.45) is 0 Å². The first-order chi connectivity index (χ1) is 19.0. The molecule has 0 aliphatic carbocycles. The van der Waals surface area contributed by atoms with E-state index in [2.05, 4.69) is 44.2 Å². The number of aliphatic hydroxyl groups is 1. The van der Waals surface area contributed by atoms with Crippen molar-refractivity contribution >= 4 is 40.2 Å². The molecule has 39 heavy (non-hydrogen) atoms. The van der Waals surface area contributed by atoms with Crippen LogP contribution in [-0.4, -0.2) is 74.8 Å². The highest BCUT2D eigenvalue weighted by Crippen LogP contribution is 2.27. The van der Waals surface area contributed by atoms with E-state index >= 15 is 0 Å². The fraction of sp³-hybridized carbons (Fsp3) is 0.310. The van der Waals surface area contributed by atoms with Crippen LogP contribution in [-0.2, 0) is 11.3 Å². The number of aliphatic hydroxyl groups excluding tert-OH is 1. The van der Waals surface area contributed by atoms with Crippen LogP contribution in [0.5, 0.6) is 0 Å². The van der Waals surface area contributed by atoms with Gasteiger partial charge < -0.3 is 25.2 Å². The summed E-state index contributed by atoms with van der Waals surface area (Å²) in [4.78, 5) is 31.1. The van der Waals surface area contributed by atoms with Crippen molar-refractivity contribution in [2.45, 2.75) is 20.4 Å². The van der Waals surface area contributed by atoms with Gasteiger partial charge in [-0.05, 0) is 44.2 Å². The first kappa shape index (κ1) is 26.2. The first-order valence-corrected chi connectivity index (χ1v) is 13.1. The summed E-state index contributed by atoms with van der Waals surface area (Å²) in [6.07, 6.45) is 1.77. The van der Waals surface area contributed by atoms with E-state index in [1.165, 1.54) is 0 Å². The predicted octanol–water partition coefficient (Wildman–Crippen LogP) is 3.00. The second-order valence-electron chi connectivity index (χ2n) is 9.40. The topological polar surface area (TPSA) is 111 Å². The lowest BCUT2D eigenvalue weighted by molar-refractivity contribution is -0.111. The third-order valence-corrected chi connectivity index (χ3v) is 6.62. The Morgan fingerprint density at radius 3 is 2.56 bits per heavy atom. The lowest BCUT2D eigenvalue weighted by atomic mass is 10.1. The zero-order chi connectivity index (χ0) is 27.2. The van der Waals surface area contributed by atoms with Crippen molar-refractivity contribution in [3.8, 4) is 11.8 Å². The number of piperazine rings is 1. The Balaban J connectivity index is 1.35. The molecule has 0 bridgehead atoms. The summed E-state index contributed by atoms with van der Waals surface area (Å²) in [7, 11) is 0. The molecule has 1 fully saturated rings. The van der Waals surface area contributed by atoms with Gasteiger partial charge in [0.15, 0.2) is 17.0 Å². The van der Waals surface area contributed by atoms with E-state index < -0.39 is 0 Å². The molecule has 1 amide bonds. The number of nitrogens with zero attached hydrogens (tertiary/aromatic N) is 6. The Labute approximate surface area is 227 Å². The number of β-amino-alcohol motifs (C(OH)–C–C–N with tert-alkyl or cyclic N) is 1. The summed E-state index contributed by atoms with van der Waals surface area (Å²) in [6, 6.07) is 15.1. The minimum absolute atomic E-state index is 0.158. The number of hydrogen-bond donors (Lipinski definition) is 3. The number of carbonyl (C=O) groups excluding carboxylic acids is 1. The summed E-state index contributed by atoms with van der Waals surface area (Å²) in [5.74, 6) is 6.39. The molecule has 2 aromatic heterocycles. The maximum absolute atomic E-state index is 12.5. The second-order valence-corrected chi connectivity index (χ2v) is 9.40. The van der Waals surface area contributed by atoms with Crippen LogP contribution in [0.2, 0.25) is 0 Å². The molecule has 2 aromatic carbocycles. The molecule has 1 aliphatic heterocycles. The van der Waals surface area contributed by atoms with E-state index in [0.29, 0.717) is 29.5 Å². The van der Waals surface area contributed by atoms with Gasteiger partial charge in [0, 0.05) is 62.1 Å². The van der Waals surface area contributed by atoms with Crippen molar-refractivity contribution < 1.29 is 9.90 Å². The molecular weight excluding hydrogens is 492 g/mol. The Hall–Kier alpha value is -4.46. The Bertz CT molecular complexity index is 1510. The number of carbonyl (C=O) groups is 1. The van der Waals surface area contributed by atoms with Crippen LogP contribution in [0, 0.1) is 18.8 Å². The van der Waals surface area contributed by atoms with Gasteiger partial charge in [0.1, 0.15) is 0 Å². The molecule has 10 heteroatoms. The highest BCUT2D eigenvalue weighted by molar-refractivity contribution is 6.04. The lowest BCUT2D eigenvalue weighted by Gasteiger charge is -2.34. The number of amides is 1. The van der Waals surface area contributed by atoms with Gasteiger partial charge in [0.05, 0.1) is 12.9 Å². The quantitative estimate of drug-likeness (QED) is 0.317. The molecule has 1 saturated heterocycles. The van der Waals surface area contributed by atoms with Crippen LogP contribution in [0.25, 0.3) is 11.2 Å². The van der Waals surface area contributed by atoms with Gasteiger partial charge in [-0.2, -0.15) is 9.97 Å². The number of anilines is 4. The zero-order valence-corrected chi connectivity index (χ0v) is 22.2. The van der Waals surface area contributed by atoms with Gasteiger partial charge in [-0.25, -0.2) is 4.98 Å². The average Bonchev–Trinajstić information content (AvgIpc) is 3.37. The third kappa shape index (κ3) is 6.34. The third-order valence-electron chi connectivity index (χ3n) is 6.62. The SMILES string of the molecule is CCn1cnc2c(Nc3cccc(NC(=O)C#Cc4ccc(C)cc4)c3)nc(N3CCN(CCO)CC3)nc21. The highest BCUT2D eigenvalue weighted by atomic mass is 16.3. The largest absolute Gasteiger partial charge is 0.395 e. The van der Waals surface area contributed by atoms with Crippen LogP contribution in [0.3, 0.4) is 0 Å². The summed E-state index contributed by atoms with van der Waals surface area (Å²) in [5.41, 5.74) is 4.74. The number of rotatable bonds is 7. The van der Waals surface area contributed by atoms with E-state index in [0.717, 1.165) is 55.2 Å². The van der Waals surface area contributed by atoms with Crippen molar-refractivity contribution in [3.63, 3.8) is 0 Å². The summed E-state index contributed by atoms with van der Waals surface area (Å²) >= 11 is 0. The molecule has 0 atom stereocenters. The minimum atomic E-state index is -0.388. The summed E-state index contributed by atoms with van der Waals surface area (Å²) < 4.78 is 2.00. The number of nitrogens with one attached hydrogen (secondary N) is 2. The number of benzene rings is 2. The Morgan fingerprint density at radius 2 is 1.82 bits per heavy atom. The van der Waals surface area contributed by atoms with Crippen molar-refractivity contribution in [1.29, 1.82) is 0 Å². The Kier molecular flexibility index (Phi) is 8.01. The highest BCUT2D eigenvalue weighted by Gasteiger charge is 2.21. The molecule has 4 aromatic rings. The van der Waals surface area contributed by atoms with Crippen LogP contribution < -0.4 is 15.5 Å². The van der Waals surface area contributed by atoms with Gasteiger partial charge >= 0.3 is 5.91 Å². The first-order valence-electron chi connectivity index (χ1n) is 13.1. The smallest absolute Gasteiger partial charge is 0.300 e. The standard InChI is InChI=1S/C29H32N8O2/c1-3-36-20-30-26-27(33-29(34-28(26)36)37-15-13-35(14-16-37)17-18-38)32-24-6-4-5-23(19-24)31-25(39)12-11-22-9-7-21(2)8-10-22/h4-10,19-20,38H,3,13-18H2,1-2H3,(H,31,39)(H,32,33,34). The summed E-state index contributed by atoms with van der Waals surface area (Å²) in [5, 5.41) is 15.5. The van der Waals surface area contributed by atoms with E-state index in [4.69, 9.17) is 9.97 Å². The number of aromatic nitrogens is 4. The van der Waals surface area contributed by atoms with Gasteiger partial charge in [-0.3, -0.25) is 9.69 Å². The fourth-order valence-electron chi connectivity index (χ4n) is 4.45. The Morgan fingerprint density at radius 1 is 1.05 bits per heavy atom. The van der Waals surface area contributed by atoms with Gasteiger partial charge in [0.2, 0.25) is 5.95 Å². The van der Waals surface area contributed by atoms with E-state index in [1.54, 1.807) is 6.33 Å². The molecule has 3 N–H and O–H groups in total. The van der Waals surface area contributed by atoms with Crippen LogP contribution in [0.4, 0.5) is 23.1 Å². The maximum atomic E-state index is 12.5. The number of hydrogen-bond acceptors (Lipinski definition) is 8. The molecule has 1 aliphatic rings. The molecule has 0 radical (unpaired) electrons. The second kappa shape index (κ2) is 11.9. The van der Waals surface area contributed by atoms with Crippen LogP contribution in [0.15, 0.2) is 54.9 Å². The van der Waals surface area contributed by atoms with E-state index in [1.807, 2.05) is 60.0 Å². The molecular formula is C29H32N8O2. The molecule has 0 spiro atoms. The molecule has 3 heterocycles. The maximum Gasteiger partial charge on any atom is 0.300 e. The van der Waals surface area contributed by atoms with E-state index in [-0.39, 0.29) is 12.5 Å². The minimum Gasteiger partial charge on any atom is -0.395 e. The van der Waals surface area contributed by atoms with Crippen molar-refractivity contribution in [3.05, 3.63) is 66.0 Å². The number of aryl methyl sites for hydroxylation is 2. The molecule has 200 valence electrons. The molecule has 0 saturated carbocycles. The zero-order valence-electron chi connectivity index (χ0n) is 22.2. The molecule has 5 rings (SSSR count). The summed E-state index contributed by atoms with van der Waals surface area (Å²) in [6.45, 7) is 8.86. The monoisotopic (exact) mass is 524 g/mol. The van der Waals surface area contributed by atoms with Gasteiger partial charge in [-0.15, -0.1) is 0 Å². The average molecular weight is 525 g/mol. The lowest BCUT2D eigenvalue weighted by Crippen LogP contribution is -2.47. The number of imidazole rings is 1. The molecule has 10 nitrogen and oxygen atoms in total. The molecule has 0 unspecified atom stereocenters. The van der Waals surface area contributed by atoms with E-state index in [9.17, 15) is 9.90 Å². The van der Waals surface area contributed by atoms with Crippen LogP contribution in [0.1, 0.15) is 18.1 Å². The van der Waals surface area contributed by atoms with Crippen LogP contribution >= 0.6 is 0 Å².